The standard InChI is InChI=1S/C20H29ClN4O/c1-13(2)18(22)10-11-24(5)20(26)19-14(3)23-25(15(19)4)12-16-8-6-7-9-17(16)21/h6-9,13,18H,10-12,22H2,1-5H3. The topological polar surface area (TPSA) is 64.2 Å². The van der Waals surface area contributed by atoms with Crippen molar-refractivity contribution < 1.29 is 4.79 Å². The maximum atomic E-state index is 12.9. The highest BCUT2D eigenvalue weighted by molar-refractivity contribution is 6.31. The molecule has 1 amide bonds. The lowest BCUT2D eigenvalue weighted by atomic mass is 10.0. The normalized spacial score (nSPS) is 12.5. The average molecular weight is 377 g/mol. The molecule has 5 nitrogen and oxygen atoms in total. The van der Waals surface area contributed by atoms with Crippen LogP contribution in [0.15, 0.2) is 24.3 Å². The van der Waals surface area contributed by atoms with Crippen LogP contribution in [0.5, 0.6) is 0 Å². The molecule has 26 heavy (non-hydrogen) atoms. The van der Waals surface area contributed by atoms with Gasteiger partial charge in [-0.25, -0.2) is 0 Å². The maximum Gasteiger partial charge on any atom is 0.257 e. The Bertz CT molecular complexity index is 769. The highest BCUT2D eigenvalue weighted by atomic mass is 35.5. The van der Waals surface area contributed by atoms with Crippen molar-refractivity contribution in [3.8, 4) is 0 Å². The van der Waals surface area contributed by atoms with Crippen LogP contribution in [0.1, 0.15) is 47.6 Å². The van der Waals surface area contributed by atoms with Crippen LogP contribution in [-0.2, 0) is 6.54 Å². The Hall–Kier alpha value is -1.85. The number of amides is 1. The Morgan fingerprint density at radius 3 is 2.58 bits per heavy atom. The van der Waals surface area contributed by atoms with Gasteiger partial charge in [0.05, 0.1) is 17.8 Å². The molecule has 2 aromatic rings. The summed E-state index contributed by atoms with van der Waals surface area (Å²) in [5.74, 6) is 0.390. The van der Waals surface area contributed by atoms with E-state index in [-0.39, 0.29) is 11.9 Å². The van der Waals surface area contributed by atoms with Crippen molar-refractivity contribution >= 4 is 17.5 Å². The van der Waals surface area contributed by atoms with Crippen molar-refractivity contribution in [3.05, 3.63) is 51.8 Å². The second kappa shape index (κ2) is 8.69. The van der Waals surface area contributed by atoms with Gasteiger partial charge in [-0.1, -0.05) is 43.6 Å². The van der Waals surface area contributed by atoms with E-state index in [2.05, 4.69) is 18.9 Å². The second-order valence-electron chi connectivity index (χ2n) is 7.22. The molecule has 0 radical (unpaired) electrons. The number of carbonyl (C=O) groups is 1. The van der Waals surface area contributed by atoms with Gasteiger partial charge in [-0.05, 0) is 37.8 Å². The van der Waals surface area contributed by atoms with Crippen LogP contribution >= 0.6 is 11.6 Å². The maximum absolute atomic E-state index is 12.9. The third kappa shape index (κ3) is 4.65. The minimum Gasteiger partial charge on any atom is -0.342 e. The molecule has 1 aromatic heterocycles. The van der Waals surface area contributed by atoms with Crippen LogP contribution in [0.2, 0.25) is 5.02 Å². The number of hydrogen-bond acceptors (Lipinski definition) is 3. The molecular weight excluding hydrogens is 348 g/mol. The van der Waals surface area contributed by atoms with Crippen LogP contribution in [0, 0.1) is 19.8 Å². The molecule has 6 heteroatoms. The number of carbonyl (C=O) groups excluding carboxylic acids is 1. The molecule has 0 aliphatic heterocycles. The molecule has 1 heterocycles. The molecule has 0 saturated carbocycles. The van der Waals surface area contributed by atoms with Crippen molar-refractivity contribution in [2.75, 3.05) is 13.6 Å². The van der Waals surface area contributed by atoms with Crippen LogP contribution < -0.4 is 5.73 Å². The summed E-state index contributed by atoms with van der Waals surface area (Å²) < 4.78 is 1.84. The summed E-state index contributed by atoms with van der Waals surface area (Å²) in [5.41, 5.74) is 9.34. The zero-order valence-corrected chi connectivity index (χ0v) is 17.0. The summed E-state index contributed by atoms with van der Waals surface area (Å²) in [4.78, 5) is 14.6. The van der Waals surface area contributed by atoms with Gasteiger partial charge in [-0.15, -0.1) is 0 Å². The number of aryl methyl sites for hydroxylation is 1. The van der Waals surface area contributed by atoms with Crippen LogP contribution in [0.4, 0.5) is 0 Å². The molecule has 2 N–H and O–H groups in total. The number of rotatable bonds is 7. The predicted octanol–water partition coefficient (Wildman–Crippen LogP) is 3.65. The molecule has 0 saturated heterocycles. The molecule has 0 aliphatic carbocycles. The number of aromatic nitrogens is 2. The van der Waals surface area contributed by atoms with Crippen molar-refractivity contribution in [3.63, 3.8) is 0 Å². The Labute approximate surface area is 161 Å². The predicted molar refractivity (Wildman–Crippen MR) is 107 cm³/mol. The Kier molecular flexibility index (Phi) is 6.84. The van der Waals surface area contributed by atoms with E-state index >= 15 is 0 Å². The van der Waals surface area contributed by atoms with Gasteiger partial charge in [-0.2, -0.15) is 5.10 Å². The third-order valence-electron chi connectivity index (χ3n) is 4.87. The minimum atomic E-state index is -0.0126. The lowest BCUT2D eigenvalue weighted by Crippen LogP contribution is -2.35. The van der Waals surface area contributed by atoms with Gasteiger partial charge in [0, 0.05) is 30.4 Å². The summed E-state index contributed by atoms with van der Waals surface area (Å²) >= 11 is 6.25. The van der Waals surface area contributed by atoms with Gasteiger partial charge in [-0.3, -0.25) is 9.48 Å². The first kappa shape index (κ1) is 20.5. The van der Waals surface area contributed by atoms with E-state index in [1.807, 2.05) is 49.8 Å². The lowest BCUT2D eigenvalue weighted by Gasteiger charge is -2.21. The number of hydrogen-bond donors (Lipinski definition) is 1. The highest BCUT2D eigenvalue weighted by Crippen LogP contribution is 2.20. The largest absolute Gasteiger partial charge is 0.342 e. The van der Waals surface area contributed by atoms with Crippen molar-refractivity contribution in [2.24, 2.45) is 11.7 Å². The van der Waals surface area contributed by atoms with E-state index < -0.39 is 0 Å². The quantitative estimate of drug-likeness (QED) is 0.802. The zero-order valence-electron chi connectivity index (χ0n) is 16.3. The highest BCUT2D eigenvalue weighted by Gasteiger charge is 2.22. The second-order valence-corrected chi connectivity index (χ2v) is 7.63. The molecular formula is C20H29ClN4O. The molecule has 1 unspecified atom stereocenters. The summed E-state index contributed by atoms with van der Waals surface area (Å²) in [6, 6.07) is 7.78. The molecule has 0 spiro atoms. The first-order valence-electron chi connectivity index (χ1n) is 9.00. The van der Waals surface area contributed by atoms with Gasteiger partial charge in [0.2, 0.25) is 0 Å². The minimum absolute atomic E-state index is 0.0126. The van der Waals surface area contributed by atoms with E-state index in [0.717, 1.165) is 23.4 Å². The molecule has 1 aromatic carbocycles. The van der Waals surface area contributed by atoms with Gasteiger partial charge in [0.15, 0.2) is 0 Å². The van der Waals surface area contributed by atoms with E-state index in [1.165, 1.54) is 0 Å². The van der Waals surface area contributed by atoms with E-state index in [9.17, 15) is 4.79 Å². The van der Waals surface area contributed by atoms with Crippen LogP contribution in [0.25, 0.3) is 0 Å². The number of halogens is 1. The first-order chi connectivity index (χ1) is 12.2. The molecule has 142 valence electrons. The molecule has 0 fully saturated rings. The fraction of sp³-hybridized carbons (Fsp3) is 0.500. The summed E-state index contributed by atoms with van der Waals surface area (Å²) in [6.07, 6.45) is 0.783. The van der Waals surface area contributed by atoms with Crippen molar-refractivity contribution in [1.29, 1.82) is 0 Å². The monoisotopic (exact) mass is 376 g/mol. The van der Waals surface area contributed by atoms with E-state index in [4.69, 9.17) is 17.3 Å². The van der Waals surface area contributed by atoms with Crippen LogP contribution in [-0.4, -0.2) is 40.2 Å². The lowest BCUT2D eigenvalue weighted by molar-refractivity contribution is 0.0787. The SMILES string of the molecule is Cc1nn(Cc2ccccc2Cl)c(C)c1C(=O)N(C)CCC(N)C(C)C. The molecule has 2 rings (SSSR count). The smallest absolute Gasteiger partial charge is 0.257 e. The van der Waals surface area contributed by atoms with E-state index in [1.54, 1.807) is 4.90 Å². The number of benzene rings is 1. The fourth-order valence-corrected chi connectivity index (χ4v) is 3.11. The molecule has 0 bridgehead atoms. The van der Waals surface area contributed by atoms with Gasteiger partial charge < -0.3 is 10.6 Å². The van der Waals surface area contributed by atoms with Gasteiger partial charge >= 0.3 is 0 Å². The van der Waals surface area contributed by atoms with Gasteiger partial charge in [0.25, 0.3) is 5.91 Å². The summed E-state index contributed by atoms with van der Waals surface area (Å²) in [7, 11) is 1.82. The summed E-state index contributed by atoms with van der Waals surface area (Å²) in [6.45, 7) is 9.17. The van der Waals surface area contributed by atoms with Crippen molar-refractivity contribution in [1.82, 2.24) is 14.7 Å². The van der Waals surface area contributed by atoms with Gasteiger partial charge in [0.1, 0.15) is 0 Å². The third-order valence-corrected chi connectivity index (χ3v) is 5.24. The first-order valence-corrected chi connectivity index (χ1v) is 9.38. The molecule has 0 aliphatic rings. The fourth-order valence-electron chi connectivity index (χ4n) is 2.92. The van der Waals surface area contributed by atoms with E-state index in [0.29, 0.717) is 29.6 Å². The van der Waals surface area contributed by atoms with Crippen LogP contribution in [0.3, 0.4) is 0 Å². The zero-order chi connectivity index (χ0) is 19.4. The summed E-state index contributed by atoms with van der Waals surface area (Å²) in [5, 5.41) is 5.26. The number of nitrogens with zero attached hydrogens (tertiary/aromatic N) is 3. The Morgan fingerprint density at radius 1 is 1.31 bits per heavy atom. The average Bonchev–Trinajstić information content (AvgIpc) is 2.87. The Morgan fingerprint density at radius 2 is 1.96 bits per heavy atom. The Balaban J connectivity index is 2.16. The molecule has 1 atom stereocenters. The van der Waals surface area contributed by atoms with Crippen molar-refractivity contribution in [2.45, 2.75) is 46.7 Å². The number of nitrogens with two attached hydrogens (primary N) is 1.